The van der Waals surface area contributed by atoms with Crippen LogP contribution in [0.2, 0.25) is 0 Å². The van der Waals surface area contributed by atoms with Gasteiger partial charge in [-0.2, -0.15) is 0 Å². The standard InChI is InChI=1S/C23H20N2O7/c1-15(22(26)24-20-14-17(25(28)29)11-12-21(20)30-2)31-23(27)16-7-6-10-19(13-16)32-18-8-4-3-5-9-18/h3-15H,1-2H3,(H,24,26)/t15-/m0/s1. The highest BCUT2D eigenvalue weighted by Crippen LogP contribution is 2.29. The van der Waals surface area contributed by atoms with Crippen LogP contribution in [-0.4, -0.2) is 30.0 Å². The molecule has 0 unspecified atom stereocenters. The molecule has 0 fully saturated rings. The number of hydrogen-bond acceptors (Lipinski definition) is 7. The van der Waals surface area contributed by atoms with Crippen molar-refractivity contribution < 1.29 is 28.7 Å². The van der Waals surface area contributed by atoms with Gasteiger partial charge in [0.05, 0.1) is 23.3 Å². The fourth-order valence-electron chi connectivity index (χ4n) is 2.73. The molecule has 3 aromatic carbocycles. The van der Waals surface area contributed by atoms with Gasteiger partial charge in [-0.15, -0.1) is 0 Å². The molecule has 0 bridgehead atoms. The van der Waals surface area contributed by atoms with Gasteiger partial charge in [0.25, 0.3) is 11.6 Å². The molecule has 1 amide bonds. The van der Waals surface area contributed by atoms with Gasteiger partial charge in [-0.25, -0.2) is 4.79 Å². The Bertz CT molecular complexity index is 1130. The number of para-hydroxylation sites is 1. The minimum atomic E-state index is -1.18. The molecular formula is C23H20N2O7. The molecule has 32 heavy (non-hydrogen) atoms. The number of non-ortho nitro benzene ring substituents is 1. The molecule has 0 aromatic heterocycles. The van der Waals surface area contributed by atoms with E-state index < -0.39 is 22.9 Å². The molecular weight excluding hydrogens is 416 g/mol. The van der Waals surface area contributed by atoms with E-state index in [2.05, 4.69) is 5.32 Å². The number of ether oxygens (including phenoxy) is 3. The highest BCUT2D eigenvalue weighted by molar-refractivity contribution is 5.98. The minimum absolute atomic E-state index is 0.0906. The first-order valence-corrected chi connectivity index (χ1v) is 9.54. The lowest BCUT2D eigenvalue weighted by Crippen LogP contribution is -2.30. The normalized spacial score (nSPS) is 11.2. The number of carbonyl (C=O) groups is 2. The molecule has 3 aromatic rings. The Morgan fingerprint density at radius 2 is 1.69 bits per heavy atom. The van der Waals surface area contributed by atoms with E-state index in [0.29, 0.717) is 11.5 Å². The van der Waals surface area contributed by atoms with Crippen LogP contribution in [0.3, 0.4) is 0 Å². The number of nitro benzene ring substituents is 1. The van der Waals surface area contributed by atoms with E-state index >= 15 is 0 Å². The van der Waals surface area contributed by atoms with Crippen LogP contribution in [-0.2, 0) is 9.53 Å². The summed E-state index contributed by atoms with van der Waals surface area (Å²) in [5.41, 5.74) is 0.0693. The maximum Gasteiger partial charge on any atom is 0.339 e. The Morgan fingerprint density at radius 3 is 2.38 bits per heavy atom. The number of benzene rings is 3. The zero-order valence-corrected chi connectivity index (χ0v) is 17.3. The highest BCUT2D eigenvalue weighted by atomic mass is 16.6. The molecule has 9 nitrogen and oxygen atoms in total. The predicted molar refractivity (Wildman–Crippen MR) is 116 cm³/mol. The van der Waals surface area contributed by atoms with Crippen molar-refractivity contribution in [3.63, 3.8) is 0 Å². The summed E-state index contributed by atoms with van der Waals surface area (Å²) in [5.74, 6) is -0.125. The van der Waals surface area contributed by atoms with E-state index in [1.807, 2.05) is 18.2 Å². The van der Waals surface area contributed by atoms with Gasteiger partial charge in [0.2, 0.25) is 0 Å². The van der Waals surface area contributed by atoms with Crippen molar-refractivity contribution in [1.29, 1.82) is 0 Å². The monoisotopic (exact) mass is 436 g/mol. The maximum atomic E-state index is 12.5. The van der Waals surface area contributed by atoms with Crippen LogP contribution in [0.1, 0.15) is 17.3 Å². The van der Waals surface area contributed by atoms with Gasteiger partial charge < -0.3 is 19.5 Å². The first kappa shape index (κ1) is 22.3. The van der Waals surface area contributed by atoms with E-state index in [0.717, 1.165) is 6.07 Å². The summed E-state index contributed by atoms with van der Waals surface area (Å²) in [6.07, 6.45) is -1.18. The molecule has 0 saturated carbocycles. The van der Waals surface area contributed by atoms with Gasteiger partial charge >= 0.3 is 5.97 Å². The first-order valence-electron chi connectivity index (χ1n) is 9.54. The van der Waals surface area contributed by atoms with Crippen molar-refractivity contribution >= 4 is 23.3 Å². The molecule has 0 spiro atoms. The van der Waals surface area contributed by atoms with E-state index in [9.17, 15) is 19.7 Å². The van der Waals surface area contributed by atoms with Crippen LogP contribution in [0.25, 0.3) is 0 Å². The summed E-state index contributed by atoms with van der Waals surface area (Å²) >= 11 is 0. The molecule has 3 rings (SSSR count). The van der Waals surface area contributed by atoms with Crippen LogP contribution in [0.5, 0.6) is 17.2 Å². The number of carbonyl (C=O) groups excluding carboxylic acids is 2. The Labute approximate surface area is 183 Å². The molecule has 0 aliphatic heterocycles. The van der Waals surface area contributed by atoms with Crippen LogP contribution < -0.4 is 14.8 Å². The lowest BCUT2D eigenvalue weighted by molar-refractivity contribution is -0.384. The molecule has 0 saturated heterocycles. The van der Waals surface area contributed by atoms with Crippen molar-refractivity contribution in [3.05, 3.63) is 88.5 Å². The Hall–Kier alpha value is -4.40. The van der Waals surface area contributed by atoms with Gasteiger partial charge in [0.15, 0.2) is 6.10 Å². The van der Waals surface area contributed by atoms with Crippen molar-refractivity contribution in [2.24, 2.45) is 0 Å². The third-order valence-electron chi connectivity index (χ3n) is 4.35. The summed E-state index contributed by atoms with van der Waals surface area (Å²) in [7, 11) is 1.37. The topological polar surface area (TPSA) is 117 Å². The molecule has 0 heterocycles. The molecule has 9 heteroatoms. The minimum Gasteiger partial charge on any atom is -0.495 e. The van der Waals surface area contributed by atoms with Gasteiger partial charge in [0.1, 0.15) is 17.2 Å². The summed E-state index contributed by atoms with van der Waals surface area (Å²) in [6, 6.07) is 19.2. The number of anilines is 1. The van der Waals surface area contributed by atoms with Gasteiger partial charge in [-0.1, -0.05) is 24.3 Å². The Kier molecular flexibility index (Phi) is 7.02. The molecule has 164 valence electrons. The second-order valence-corrected chi connectivity index (χ2v) is 6.62. The van der Waals surface area contributed by atoms with Crippen LogP contribution in [0, 0.1) is 10.1 Å². The molecule has 1 N–H and O–H groups in total. The van der Waals surface area contributed by atoms with Gasteiger partial charge in [0, 0.05) is 12.1 Å². The lowest BCUT2D eigenvalue weighted by Gasteiger charge is -2.15. The van der Waals surface area contributed by atoms with E-state index in [1.54, 1.807) is 24.3 Å². The summed E-state index contributed by atoms with van der Waals surface area (Å²) < 4.78 is 16.1. The largest absolute Gasteiger partial charge is 0.495 e. The first-order chi connectivity index (χ1) is 15.4. The smallest absolute Gasteiger partial charge is 0.339 e. The fraction of sp³-hybridized carbons (Fsp3) is 0.130. The van der Waals surface area contributed by atoms with Gasteiger partial charge in [-0.05, 0) is 43.3 Å². The highest BCUT2D eigenvalue weighted by Gasteiger charge is 2.22. The number of amides is 1. The van der Waals surface area contributed by atoms with Gasteiger partial charge in [-0.3, -0.25) is 14.9 Å². The second-order valence-electron chi connectivity index (χ2n) is 6.62. The third kappa shape index (κ3) is 5.60. The second kappa shape index (κ2) is 10.1. The molecule has 0 aliphatic carbocycles. The summed E-state index contributed by atoms with van der Waals surface area (Å²) in [5, 5.41) is 13.5. The number of nitrogens with one attached hydrogen (secondary N) is 1. The number of nitrogens with zero attached hydrogens (tertiary/aromatic N) is 1. The zero-order chi connectivity index (χ0) is 23.1. The average molecular weight is 436 g/mol. The summed E-state index contributed by atoms with van der Waals surface area (Å²) in [6.45, 7) is 1.39. The number of rotatable bonds is 8. The number of nitro groups is 1. The van der Waals surface area contributed by atoms with E-state index in [4.69, 9.17) is 14.2 Å². The van der Waals surface area contributed by atoms with E-state index in [1.165, 1.54) is 38.3 Å². The zero-order valence-electron chi connectivity index (χ0n) is 17.3. The SMILES string of the molecule is COc1ccc([N+](=O)[O-])cc1NC(=O)[C@H](C)OC(=O)c1cccc(Oc2ccccc2)c1. The van der Waals surface area contributed by atoms with E-state index in [-0.39, 0.29) is 22.7 Å². The molecule has 1 atom stereocenters. The molecule has 0 aliphatic rings. The van der Waals surface area contributed by atoms with Crippen LogP contribution in [0.15, 0.2) is 72.8 Å². The summed E-state index contributed by atoms with van der Waals surface area (Å²) in [4.78, 5) is 35.4. The van der Waals surface area contributed by atoms with Crippen molar-refractivity contribution in [1.82, 2.24) is 0 Å². The number of esters is 1. The van der Waals surface area contributed by atoms with Crippen LogP contribution >= 0.6 is 0 Å². The predicted octanol–water partition coefficient (Wildman–Crippen LogP) is 4.58. The van der Waals surface area contributed by atoms with Crippen molar-refractivity contribution in [3.8, 4) is 17.2 Å². The maximum absolute atomic E-state index is 12.5. The molecule has 0 radical (unpaired) electrons. The Balaban J connectivity index is 1.67. The fourth-order valence-corrected chi connectivity index (χ4v) is 2.73. The number of hydrogen-bond donors (Lipinski definition) is 1. The van der Waals surface area contributed by atoms with Crippen molar-refractivity contribution in [2.45, 2.75) is 13.0 Å². The number of methoxy groups -OCH3 is 1. The Morgan fingerprint density at radius 1 is 0.969 bits per heavy atom. The quantitative estimate of drug-likeness (QED) is 0.312. The van der Waals surface area contributed by atoms with Crippen molar-refractivity contribution in [2.75, 3.05) is 12.4 Å². The third-order valence-corrected chi connectivity index (χ3v) is 4.35. The van der Waals surface area contributed by atoms with Crippen LogP contribution in [0.4, 0.5) is 11.4 Å². The lowest BCUT2D eigenvalue weighted by atomic mass is 10.2. The average Bonchev–Trinajstić information content (AvgIpc) is 2.79.